The summed E-state index contributed by atoms with van der Waals surface area (Å²) >= 11 is 5.41. The average Bonchev–Trinajstić information content (AvgIpc) is 2.62. The number of anilines is 1. The Morgan fingerprint density at radius 3 is 1.96 bits per heavy atom. The SMILES string of the molecule is COc1ccc(NC(=S)NC[C@@H](c2ccc(OC)cc2)[NH+](C)C)cc1. The van der Waals surface area contributed by atoms with E-state index in [1.807, 2.05) is 36.4 Å². The number of hydrogen-bond donors (Lipinski definition) is 3. The zero-order valence-corrected chi connectivity index (χ0v) is 15.9. The van der Waals surface area contributed by atoms with Crippen LogP contribution in [0.25, 0.3) is 0 Å². The number of benzene rings is 2. The molecule has 0 aliphatic rings. The van der Waals surface area contributed by atoms with Crippen LogP contribution in [0.4, 0.5) is 5.69 Å². The van der Waals surface area contributed by atoms with Crippen LogP contribution in [-0.4, -0.2) is 40.0 Å². The zero-order valence-electron chi connectivity index (χ0n) is 15.1. The lowest BCUT2D eigenvalue weighted by Gasteiger charge is -2.23. The Bertz CT molecular complexity index is 672. The molecule has 25 heavy (non-hydrogen) atoms. The second-order valence-electron chi connectivity index (χ2n) is 5.97. The number of thiocarbonyl (C=S) groups is 1. The van der Waals surface area contributed by atoms with E-state index in [1.54, 1.807) is 14.2 Å². The van der Waals surface area contributed by atoms with E-state index in [-0.39, 0.29) is 6.04 Å². The minimum atomic E-state index is 0.279. The highest BCUT2D eigenvalue weighted by molar-refractivity contribution is 7.80. The fourth-order valence-electron chi connectivity index (χ4n) is 2.54. The highest BCUT2D eigenvalue weighted by atomic mass is 32.1. The fourth-order valence-corrected chi connectivity index (χ4v) is 2.74. The van der Waals surface area contributed by atoms with Gasteiger partial charge in [-0.15, -0.1) is 0 Å². The molecule has 134 valence electrons. The first-order valence-corrected chi connectivity index (χ1v) is 8.57. The van der Waals surface area contributed by atoms with E-state index >= 15 is 0 Å². The van der Waals surface area contributed by atoms with Gasteiger partial charge in [-0.2, -0.15) is 0 Å². The lowest BCUT2D eigenvalue weighted by molar-refractivity contribution is -0.890. The molecule has 0 aliphatic carbocycles. The van der Waals surface area contributed by atoms with Crippen LogP contribution < -0.4 is 25.0 Å². The van der Waals surface area contributed by atoms with Crippen molar-refractivity contribution in [3.63, 3.8) is 0 Å². The van der Waals surface area contributed by atoms with Crippen LogP contribution >= 0.6 is 12.2 Å². The van der Waals surface area contributed by atoms with E-state index in [0.717, 1.165) is 23.7 Å². The van der Waals surface area contributed by atoms with Crippen LogP contribution in [0.5, 0.6) is 11.5 Å². The van der Waals surface area contributed by atoms with Crippen molar-refractivity contribution in [3.05, 3.63) is 54.1 Å². The molecule has 3 N–H and O–H groups in total. The molecule has 0 aliphatic heterocycles. The number of ether oxygens (including phenoxy) is 2. The van der Waals surface area contributed by atoms with Gasteiger partial charge in [-0.3, -0.25) is 0 Å². The van der Waals surface area contributed by atoms with Gasteiger partial charge in [-0.1, -0.05) is 0 Å². The monoisotopic (exact) mass is 360 g/mol. The number of nitrogens with one attached hydrogen (secondary N) is 3. The fraction of sp³-hybridized carbons (Fsp3) is 0.316. The van der Waals surface area contributed by atoms with E-state index in [0.29, 0.717) is 5.11 Å². The molecule has 2 aromatic carbocycles. The maximum atomic E-state index is 5.41. The van der Waals surface area contributed by atoms with Gasteiger partial charge in [0.05, 0.1) is 34.9 Å². The summed E-state index contributed by atoms with van der Waals surface area (Å²) < 4.78 is 10.4. The van der Waals surface area contributed by atoms with Crippen molar-refractivity contribution in [2.24, 2.45) is 0 Å². The van der Waals surface area contributed by atoms with Crippen molar-refractivity contribution < 1.29 is 14.4 Å². The molecule has 0 amide bonds. The summed E-state index contributed by atoms with van der Waals surface area (Å²) in [6.07, 6.45) is 0. The molecule has 6 heteroatoms. The summed E-state index contributed by atoms with van der Waals surface area (Å²) in [6.45, 7) is 0.733. The Morgan fingerprint density at radius 2 is 1.48 bits per heavy atom. The summed E-state index contributed by atoms with van der Waals surface area (Å²) in [5.41, 5.74) is 2.16. The molecule has 2 rings (SSSR count). The van der Waals surface area contributed by atoms with Crippen molar-refractivity contribution in [2.45, 2.75) is 6.04 Å². The summed E-state index contributed by atoms with van der Waals surface area (Å²) in [5.74, 6) is 1.68. The summed E-state index contributed by atoms with van der Waals surface area (Å²) in [6, 6.07) is 16.1. The first-order valence-electron chi connectivity index (χ1n) is 8.16. The van der Waals surface area contributed by atoms with Crippen LogP contribution in [0, 0.1) is 0 Å². The smallest absolute Gasteiger partial charge is 0.171 e. The number of likely N-dealkylation sites (N-methyl/N-ethyl adjacent to an activating group) is 1. The van der Waals surface area contributed by atoms with E-state index in [4.69, 9.17) is 21.7 Å². The Balaban J connectivity index is 1.93. The lowest BCUT2D eigenvalue weighted by atomic mass is 10.1. The third-order valence-corrected chi connectivity index (χ3v) is 4.28. The van der Waals surface area contributed by atoms with E-state index in [2.05, 4.69) is 36.9 Å². The van der Waals surface area contributed by atoms with Crippen LogP contribution in [0.1, 0.15) is 11.6 Å². The Labute approximate surface area is 154 Å². The highest BCUT2D eigenvalue weighted by Crippen LogP contribution is 2.16. The average molecular weight is 361 g/mol. The Kier molecular flexibility index (Phi) is 7.03. The number of hydrogen-bond acceptors (Lipinski definition) is 3. The molecule has 0 radical (unpaired) electrons. The highest BCUT2D eigenvalue weighted by Gasteiger charge is 2.18. The molecule has 0 saturated heterocycles. The van der Waals surface area contributed by atoms with Gasteiger partial charge in [-0.05, 0) is 60.7 Å². The predicted molar refractivity (Wildman–Crippen MR) is 106 cm³/mol. The number of methoxy groups -OCH3 is 2. The lowest BCUT2D eigenvalue weighted by Crippen LogP contribution is -3.07. The summed E-state index contributed by atoms with van der Waals surface area (Å²) in [5, 5.41) is 7.10. The van der Waals surface area contributed by atoms with E-state index < -0.39 is 0 Å². The third-order valence-electron chi connectivity index (χ3n) is 4.03. The first-order chi connectivity index (χ1) is 12.0. The first kappa shape index (κ1) is 19.0. The van der Waals surface area contributed by atoms with Gasteiger partial charge in [0.25, 0.3) is 0 Å². The second-order valence-corrected chi connectivity index (χ2v) is 6.37. The van der Waals surface area contributed by atoms with Gasteiger partial charge in [0.1, 0.15) is 17.5 Å². The van der Waals surface area contributed by atoms with Crippen LogP contribution in [-0.2, 0) is 0 Å². The molecule has 0 unspecified atom stereocenters. The molecule has 0 heterocycles. The number of quaternary nitrogens is 1. The van der Waals surface area contributed by atoms with Gasteiger partial charge in [-0.25, -0.2) is 0 Å². The Hall–Kier alpha value is -2.31. The molecule has 0 spiro atoms. The van der Waals surface area contributed by atoms with Crippen molar-refractivity contribution in [2.75, 3.05) is 40.2 Å². The molecule has 2 aromatic rings. The van der Waals surface area contributed by atoms with Crippen LogP contribution in [0.3, 0.4) is 0 Å². The van der Waals surface area contributed by atoms with Gasteiger partial charge in [0.2, 0.25) is 0 Å². The molecule has 1 atom stereocenters. The quantitative estimate of drug-likeness (QED) is 0.658. The minimum Gasteiger partial charge on any atom is -0.497 e. The molecule has 0 aromatic heterocycles. The Morgan fingerprint density at radius 1 is 0.960 bits per heavy atom. The third kappa shape index (κ3) is 5.62. The molecule has 0 saturated carbocycles. The summed E-state index contributed by atoms with van der Waals surface area (Å²) in [7, 11) is 7.60. The maximum absolute atomic E-state index is 5.41. The van der Waals surface area contributed by atoms with E-state index in [9.17, 15) is 0 Å². The van der Waals surface area contributed by atoms with Gasteiger partial charge in [0, 0.05) is 11.3 Å². The van der Waals surface area contributed by atoms with Crippen molar-refractivity contribution in [1.29, 1.82) is 0 Å². The molecular formula is C19H26N3O2S+. The van der Waals surface area contributed by atoms with Gasteiger partial charge < -0.3 is 25.0 Å². The van der Waals surface area contributed by atoms with Crippen molar-refractivity contribution in [1.82, 2.24) is 5.32 Å². The van der Waals surface area contributed by atoms with Gasteiger partial charge in [0.15, 0.2) is 5.11 Å². The van der Waals surface area contributed by atoms with Crippen molar-refractivity contribution >= 4 is 23.0 Å². The number of rotatable bonds is 7. The van der Waals surface area contributed by atoms with E-state index in [1.165, 1.54) is 10.5 Å². The molecule has 0 fully saturated rings. The topological polar surface area (TPSA) is 47.0 Å². The van der Waals surface area contributed by atoms with Gasteiger partial charge >= 0.3 is 0 Å². The van der Waals surface area contributed by atoms with Crippen LogP contribution in [0.2, 0.25) is 0 Å². The van der Waals surface area contributed by atoms with Crippen molar-refractivity contribution in [3.8, 4) is 11.5 Å². The normalized spacial score (nSPS) is 11.7. The maximum Gasteiger partial charge on any atom is 0.171 e. The van der Waals surface area contributed by atoms with Crippen LogP contribution in [0.15, 0.2) is 48.5 Å². The molecule has 5 nitrogen and oxygen atoms in total. The molecule has 0 bridgehead atoms. The molecular weight excluding hydrogens is 334 g/mol. The predicted octanol–water partition coefficient (Wildman–Crippen LogP) is 1.88. The standard InChI is InChI=1S/C19H25N3O2S/c1-22(2)18(14-5-9-16(23-3)10-6-14)13-20-19(25)21-15-7-11-17(24-4)12-8-15/h5-12,18H,13H2,1-4H3,(H2,20,21,25)/p+1/t18-/m0/s1. The largest absolute Gasteiger partial charge is 0.497 e. The second kappa shape index (κ2) is 9.25. The zero-order chi connectivity index (χ0) is 18.2. The minimum absolute atomic E-state index is 0.279. The summed E-state index contributed by atoms with van der Waals surface area (Å²) in [4.78, 5) is 1.32.